The Morgan fingerprint density at radius 2 is 2.32 bits per heavy atom. The highest BCUT2D eigenvalue weighted by molar-refractivity contribution is 5.99. The topological polar surface area (TPSA) is 67.6 Å². The summed E-state index contributed by atoms with van der Waals surface area (Å²) in [5.74, 6) is 7.18. The van der Waals surface area contributed by atoms with Crippen molar-refractivity contribution < 1.29 is 9.53 Å². The molecule has 0 saturated carbocycles. The highest BCUT2D eigenvalue weighted by Crippen LogP contribution is 2.36. The van der Waals surface area contributed by atoms with Gasteiger partial charge in [0.05, 0.1) is 13.7 Å². The fourth-order valence-corrected chi connectivity index (χ4v) is 2.93. The molecule has 1 atom stereocenters. The van der Waals surface area contributed by atoms with Gasteiger partial charge < -0.3 is 15.4 Å². The first kappa shape index (κ1) is 16.6. The zero-order valence-electron chi connectivity index (χ0n) is 14.1. The minimum absolute atomic E-state index is 0.0848. The Hall–Kier alpha value is -3.25. The summed E-state index contributed by atoms with van der Waals surface area (Å²) in [4.78, 5) is 19.3. The maximum atomic E-state index is 11.3. The molecule has 0 aliphatic carbocycles. The molecule has 3 rings (SSSR count). The van der Waals surface area contributed by atoms with Crippen LogP contribution < -0.4 is 15.4 Å². The predicted octanol–water partition coefficient (Wildman–Crippen LogP) is 2.86. The number of nitrogens with one attached hydrogen (secondary N) is 2. The summed E-state index contributed by atoms with van der Waals surface area (Å²) in [6.45, 7) is 9.70. The molecule has 25 heavy (non-hydrogen) atoms. The van der Waals surface area contributed by atoms with E-state index in [0.717, 1.165) is 22.8 Å². The molecule has 1 aliphatic rings. The molecule has 0 unspecified atom stereocenters. The number of nitrogens with zero attached hydrogens (tertiary/aromatic N) is 2. The number of ether oxygens (including phenoxy) is 1. The molecule has 1 aliphatic heterocycles. The zero-order valence-corrected chi connectivity index (χ0v) is 14.1. The van der Waals surface area contributed by atoms with Crippen molar-refractivity contribution in [2.75, 3.05) is 19.0 Å². The Balaban J connectivity index is 2.02. The van der Waals surface area contributed by atoms with E-state index in [9.17, 15) is 4.79 Å². The van der Waals surface area contributed by atoms with Gasteiger partial charge in [-0.25, -0.2) is 9.83 Å². The van der Waals surface area contributed by atoms with Crippen LogP contribution in [0.3, 0.4) is 0 Å². The Morgan fingerprint density at radius 1 is 1.48 bits per heavy atom. The second-order valence-corrected chi connectivity index (χ2v) is 5.76. The first-order valence-corrected chi connectivity index (χ1v) is 8.00. The molecule has 1 amide bonds. The van der Waals surface area contributed by atoms with E-state index in [4.69, 9.17) is 11.3 Å². The average Bonchev–Trinajstić information content (AvgIpc) is 3.05. The Morgan fingerprint density at radius 3 is 2.96 bits per heavy atom. The second kappa shape index (κ2) is 7.11. The summed E-state index contributed by atoms with van der Waals surface area (Å²) in [6, 6.07) is 3.70. The van der Waals surface area contributed by atoms with E-state index in [1.165, 1.54) is 0 Å². The molecule has 2 heterocycles. The smallest absolute Gasteiger partial charge is 0.228 e. The molecule has 1 aromatic heterocycles. The first-order valence-electron chi connectivity index (χ1n) is 8.00. The van der Waals surface area contributed by atoms with Gasteiger partial charge >= 0.3 is 0 Å². The number of aromatic nitrogens is 1. The predicted molar refractivity (Wildman–Crippen MR) is 96.8 cm³/mol. The van der Waals surface area contributed by atoms with Gasteiger partial charge in [-0.1, -0.05) is 5.92 Å². The Labute approximate surface area is 146 Å². The maximum Gasteiger partial charge on any atom is 0.228 e. The number of anilines is 1. The molecule has 126 valence electrons. The number of amides is 1. The lowest BCUT2D eigenvalue weighted by Gasteiger charge is -2.15. The van der Waals surface area contributed by atoms with Crippen molar-refractivity contribution >= 4 is 28.2 Å². The number of carbonyl (C=O) groups excluding carboxylic acids is 1. The largest absolute Gasteiger partial charge is 0.508 e. The third-order valence-electron chi connectivity index (χ3n) is 4.17. The number of pyridine rings is 1. The molecule has 6 nitrogen and oxygen atoms in total. The van der Waals surface area contributed by atoms with E-state index < -0.39 is 0 Å². The summed E-state index contributed by atoms with van der Waals surface area (Å²) >= 11 is 0. The molecule has 2 aromatic rings. The van der Waals surface area contributed by atoms with Crippen LogP contribution in [0.25, 0.3) is 15.6 Å². The highest BCUT2D eigenvalue weighted by Gasteiger charge is 2.21. The number of benzene rings is 1. The number of carbonyl (C=O) groups is 1. The summed E-state index contributed by atoms with van der Waals surface area (Å²) in [6.07, 6.45) is 3.08. The van der Waals surface area contributed by atoms with Crippen molar-refractivity contribution in [1.82, 2.24) is 10.3 Å². The second-order valence-electron chi connectivity index (χ2n) is 5.76. The summed E-state index contributed by atoms with van der Waals surface area (Å²) in [7, 11) is 1.54. The SMILES string of the molecule is [C-]#[N+]c1cc2c(C#CC)cnc(NC[C@@H]3CCC(=O)N3)c2cc1OC. The van der Waals surface area contributed by atoms with Crippen LogP contribution in [0.5, 0.6) is 5.75 Å². The lowest BCUT2D eigenvalue weighted by atomic mass is 10.1. The lowest BCUT2D eigenvalue weighted by Crippen LogP contribution is -2.32. The molecule has 0 radical (unpaired) electrons. The van der Waals surface area contributed by atoms with Crippen LogP contribution in [0, 0.1) is 18.4 Å². The average molecular weight is 334 g/mol. The molecule has 1 fully saturated rings. The van der Waals surface area contributed by atoms with Crippen molar-refractivity contribution in [3.63, 3.8) is 0 Å². The fraction of sp³-hybridized carbons (Fsp3) is 0.316. The maximum absolute atomic E-state index is 11.3. The minimum atomic E-state index is 0.0848. The van der Waals surface area contributed by atoms with Crippen molar-refractivity contribution in [2.24, 2.45) is 0 Å². The monoisotopic (exact) mass is 334 g/mol. The zero-order chi connectivity index (χ0) is 17.8. The molecule has 2 N–H and O–H groups in total. The number of hydrogen-bond donors (Lipinski definition) is 2. The Bertz CT molecular complexity index is 934. The molecule has 0 spiro atoms. The van der Waals surface area contributed by atoms with Gasteiger partial charge in [0.25, 0.3) is 0 Å². The van der Waals surface area contributed by atoms with Crippen LogP contribution in [-0.2, 0) is 4.79 Å². The molecule has 1 aromatic carbocycles. The Kier molecular flexibility index (Phi) is 4.72. The van der Waals surface area contributed by atoms with Gasteiger partial charge in [-0.3, -0.25) is 4.79 Å². The van der Waals surface area contributed by atoms with E-state index in [2.05, 4.69) is 32.3 Å². The van der Waals surface area contributed by atoms with E-state index >= 15 is 0 Å². The van der Waals surface area contributed by atoms with Crippen LogP contribution in [0.2, 0.25) is 0 Å². The summed E-state index contributed by atoms with van der Waals surface area (Å²) in [5, 5.41) is 7.93. The standard InChI is InChI=1S/C19H18N4O2/c1-4-5-12-10-21-19(22-11-13-6-7-18(24)23-13)15-9-17(25-3)16(20-2)8-14(12)15/h8-10,13H,6-7,11H2,1,3H3,(H,21,22)(H,23,24)/t13-/m0/s1. The van der Waals surface area contributed by atoms with Crippen molar-refractivity contribution in [2.45, 2.75) is 25.8 Å². The number of rotatable bonds is 4. The van der Waals surface area contributed by atoms with Crippen LogP contribution in [0.15, 0.2) is 18.3 Å². The van der Waals surface area contributed by atoms with Crippen molar-refractivity contribution in [1.29, 1.82) is 0 Å². The summed E-state index contributed by atoms with van der Waals surface area (Å²) in [5.41, 5.74) is 1.21. The van der Waals surface area contributed by atoms with E-state index in [-0.39, 0.29) is 11.9 Å². The van der Waals surface area contributed by atoms with E-state index in [0.29, 0.717) is 30.2 Å². The van der Waals surface area contributed by atoms with Crippen molar-refractivity contribution in [3.05, 3.63) is 35.3 Å². The third-order valence-corrected chi connectivity index (χ3v) is 4.17. The molecular formula is C19H18N4O2. The first-order chi connectivity index (χ1) is 12.2. The molecule has 1 saturated heterocycles. The number of hydrogen-bond acceptors (Lipinski definition) is 4. The van der Waals surface area contributed by atoms with Crippen LogP contribution in [0.1, 0.15) is 25.3 Å². The van der Waals surface area contributed by atoms with Gasteiger partial charge in [0, 0.05) is 36.2 Å². The summed E-state index contributed by atoms with van der Waals surface area (Å²) < 4.78 is 5.33. The minimum Gasteiger partial charge on any atom is -0.508 e. The fourth-order valence-electron chi connectivity index (χ4n) is 2.93. The number of methoxy groups -OCH3 is 1. The van der Waals surface area contributed by atoms with Gasteiger partial charge in [-0.2, -0.15) is 0 Å². The van der Waals surface area contributed by atoms with Gasteiger partial charge in [0.2, 0.25) is 11.6 Å². The normalized spacial score (nSPS) is 15.9. The van der Waals surface area contributed by atoms with Gasteiger partial charge in [-0.05, 0) is 30.9 Å². The van der Waals surface area contributed by atoms with Gasteiger partial charge in [0.15, 0.2) is 0 Å². The van der Waals surface area contributed by atoms with Crippen LogP contribution in [-0.4, -0.2) is 30.6 Å². The number of fused-ring (bicyclic) bond motifs is 1. The molecule has 6 heteroatoms. The third kappa shape index (κ3) is 3.34. The van der Waals surface area contributed by atoms with Crippen LogP contribution >= 0.6 is 0 Å². The quantitative estimate of drug-likeness (QED) is 0.666. The van der Waals surface area contributed by atoms with Gasteiger partial charge in [-0.15, -0.1) is 5.92 Å². The van der Waals surface area contributed by atoms with Gasteiger partial charge in [0.1, 0.15) is 11.6 Å². The lowest BCUT2D eigenvalue weighted by molar-refractivity contribution is -0.119. The van der Waals surface area contributed by atoms with E-state index in [1.807, 2.05) is 6.07 Å². The highest BCUT2D eigenvalue weighted by atomic mass is 16.5. The van der Waals surface area contributed by atoms with Crippen LogP contribution in [0.4, 0.5) is 11.5 Å². The molecular weight excluding hydrogens is 316 g/mol. The van der Waals surface area contributed by atoms with Crippen molar-refractivity contribution in [3.8, 4) is 17.6 Å². The molecule has 0 bridgehead atoms. The van der Waals surface area contributed by atoms with E-state index in [1.54, 1.807) is 26.3 Å².